The zero-order chi connectivity index (χ0) is 17.1. The molecule has 8 atom stereocenters. The van der Waals surface area contributed by atoms with E-state index in [-0.39, 0.29) is 42.4 Å². The standard InChI is InChI=1S/C18H28O6/c1-17(2)8-7-12(22-9-20-3)18-11(17)6-5-10-13(18)15(24-16(18)19)23-14(10)21-4/h5-6,10-16,19H,7-9H2,1-4H3/t10-,11-,12-,13?,14-,15+,16-,18-/m0/s1. The normalized spacial score (nSPS) is 51.5. The third kappa shape index (κ3) is 2.04. The lowest BCUT2D eigenvalue weighted by atomic mass is 9.47. The SMILES string of the molecule is COCO[C@H]1CCC(C)(C)[C@@H]2C=C[C@H]3C4[C@H](O[C@@H]3OC)O[C@H](O)[C@]412. The van der Waals surface area contributed by atoms with Crippen molar-refractivity contribution in [2.75, 3.05) is 21.0 Å². The predicted molar refractivity (Wildman–Crippen MR) is 84.6 cm³/mol. The van der Waals surface area contributed by atoms with Gasteiger partial charge in [0.1, 0.15) is 6.79 Å². The van der Waals surface area contributed by atoms with Gasteiger partial charge in [-0.3, -0.25) is 0 Å². The van der Waals surface area contributed by atoms with Crippen molar-refractivity contribution in [1.29, 1.82) is 0 Å². The first-order valence-corrected chi connectivity index (χ1v) is 8.77. The summed E-state index contributed by atoms with van der Waals surface area (Å²) >= 11 is 0. The highest BCUT2D eigenvalue weighted by molar-refractivity contribution is 5.24. The summed E-state index contributed by atoms with van der Waals surface area (Å²) < 4.78 is 28.6. The van der Waals surface area contributed by atoms with Crippen LogP contribution in [0.3, 0.4) is 0 Å². The second kappa shape index (κ2) is 5.76. The monoisotopic (exact) mass is 340 g/mol. The minimum atomic E-state index is -0.913. The van der Waals surface area contributed by atoms with Crippen LogP contribution < -0.4 is 0 Å². The molecule has 1 N–H and O–H groups in total. The van der Waals surface area contributed by atoms with Crippen LogP contribution in [0.5, 0.6) is 0 Å². The average Bonchev–Trinajstić information content (AvgIpc) is 3.05. The molecule has 4 rings (SSSR count). The zero-order valence-corrected chi connectivity index (χ0v) is 14.8. The Morgan fingerprint density at radius 3 is 2.71 bits per heavy atom. The second-order valence-electron chi connectivity index (χ2n) is 8.15. The van der Waals surface area contributed by atoms with Crippen LogP contribution in [0.25, 0.3) is 0 Å². The zero-order valence-electron chi connectivity index (χ0n) is 14.8. The van der Waals surface area contributed by atoms with Crippen molar-refractivity contribution >= 4 is 0 Å². The topological polar surface area (TPSA) is 66.4 Å². The van der Waals surface area contributed by atoms with Crippen LogP contribution in [-0.2, 0) is 23.7 Å². The Kier molecular flexibility index (Phi) is 4.06. The van der Waals surface area contributed by atoms with Crippen molar-refractivity contribution < 1.29 is 28.8 Å². The van der Waals surface area contributed by atoms with E-state index in [0.29, 0.717) is 0 Å². The molecule has 0 aromatic carbocycles. The second-order valence-corrected chi connectivity index (χ2v) is 8.15. The van der Waals surface area contributed by atoms with Crippen LogP contribution in [0.15, 0.2) is 12.2 Å². The maximum atomic E-state index is 11.0. The van der Waals surface area contributed by atoms with E-state index < -0.39 is 18.0 Å². The van der Waals surface area contributed by atoms with Crippen molar-refractivity contribution in [3.8, 4) is 0 Å². The van der Waals surface area contributed by atoms with Crippen LogP contribution >= 0.6 is 0 Å². The van der Waals surface area contributed by atoms with Gasteiger partial charge in [-0.05, 0) is 24.2 Å². The Bertz CT molecular complexity index is 520. The highest BCUT2D eigenvalue weighted by Crippen LogP contribution is 2.67. The van der Waals surface area contributed by atoms with Crippen LogP contribution in [-0.4, -0.2) is 51.1 Å². The van der Waals surface area contributed by atoms with E-state index in [9.17, 15) is 5.11 Å². The number of hydrogen-bond donors (Lipinski definition) is 1. The first kappa shape index (κ1) is 16.9. The van der Waals surface area contributed by atoms with Gasteiger partial charge in [-0.1, -0.05) is 26.0 Å². The molecule has 2 aliphatic carbocycles. The van der Waals surface area contributed by atoms with E-state index in [1.54, 1.807) is 14.2 Å². The Balaban J connectivity index is 1.81. The number of hydrogen-bond acceptors (Lipinski definition) is 6. The van der Waals surface area contributed by atoms with Crippen LogP contribution in [0.1, 0.15) is 26.7 Å². The third-order valence-electron chi connectivity index (χ3n) is 6.69. The van der Waals surface area contributed by atoms with Gasteiger partial charge in [0.15, 0.2) is 18.9 Å². The molecule has 0 bridgehead atoms. The third-order valence-corrected chi connectivity index (χ3v) is 6.69. The van der Waals surface area contributed by atoms with Gasteiger partial charge in [-0.15, -0.1) is 0 Å². The van der Waals surface area contributed by atoms with E-state index in [0.717, 1.165) is 12.8 Å². The molecule has 3 fully saturated rings. The molecule has 4 aliphatic rings. The smallest absolute Gasteiger partial charge is 0.168 e. The summed E-state index contributed by atoms with van der Waals surface area (Å²) in [5, 5.41) is 11.0. The molecule has 1 spiro atoms. The highest BCUT2D eigenvalue weighted by Gasteiger charge is 2.73. The molecule has 0 amide bonds. The van der Waals surface area contributed by atoms with Gasteiger partial charge < -0.3 is 28.8 Å². The molecule has 1 unspecified atom stereocenters. The van der Waals surface area contributed by atoms with Gasteiger partial charge in [0, 0.05) is 26.1 Å². The van der Waals surface area contributed by atoms with Gasteiger partial charge >= 0.3 is 0 Å². The van der Waals surface area contributed by atoms with Crippen molar-refractivity contribution in [2.24, 2.45) is 28.6 Å². The molecule has 2 saturated heterocycles. The fourth-order valence-corrected chi connectivity index (χ4v) is 5.74. The van der Waals surface area contributed by atoms with Gasteiger partial charge in [0.2, 0.25) is 0 Å². The first-order chi connectivity index (χ1) is 11.5. The largest absolute Gasteiger partial charge is 0.367 e. The quantitative estimate of drug-likeness (QED) is 0.623. The van der Waals surface area contributed by atoms with Crippen LogP contribution in [0.4, 0.5) is 0 Å². The molecule has 136 valence electrons. The lowest BCUT2D eigenvalue weighted by Gasteiger charge is -2.58. The molecule has 1 saturated carbocycles. The van der Waals surface area contributed by atoms with Gasteiger partial charge in [-0.25, -0.2) is 0 Å². The van der Waals surface area contributed by atoms with Crippen molar-refractivity contribution in [3.05, 3.63) is 12.2 Å². The Morgan fingerprint density at radius 1 is 1.21 bits per heavy atom. The fourth-order valence-electron chi connectivity index (χ4n) is 5.74. The molecule has 2 heterocycles. The van der Waals surface area contributed by atoms with Crippen LogP contribution in [0.2, 0.25) is 0 Å². The van der Waals surface area contributed by atoms with Gasteiger partial charge in [0.25, 0.3) is 0 Å². The summed E-state index contributed by atoms with van der Waals surface area (Å²) in [6.45, 7) is 4.74. The molecule has 24 heavy (non-hydrogen) atoms. The molecule has 0 radical (unpaired) electrons. The van der Waals surface area contributed by atoms with E-state index >= 15 is 0 Å². The number of ether oxygens (including phenoxy) is 5. The number of rotatable bonds is 4. The average molecular weight is 340 g/mol. The summed E-state index contributed by atoms with van der Waals surface area (Å²) in [6, 6.07) is 0. The van der Waals surface area contributed by atoms with E-state index in [1.807, 2.05) is 0 Å². The number of aliphatic hydroxyl groups excluding tert-OH is 1. The maximum absolute atomic E-state index is 11.0. The minimum Gasteiger partial charge on any atom is -0.367 e. The number of methoxy groups -OCH3 is 2. The van der Waals surface area contributed by atoms with Crippen LogP contribution in [0, 0.1) is 28.6 Å². The minimum absolute atomic E-state index is 0.0221. The highest BCUT2D eigenvalue weighted by atomic mass is 16.8. The lowest BCUT2D eigenvalue weighted by molar-refractivity contribution is -0.275. The molecule has 6 nitrogen and oxygen atoms in total. The molecule has 0 aromatic heterocycles. The lowest BCUT2D eigenvalue weighted by Crippen LogP contribution is -2.62. The molecular formula is C18H28O6. The Labute approximate surface area is 143 Å². The Morgan fingerprint density at radius 2 is 2.00 bits per heavy atom. The van der Waals surface area contributed by atoms with E-state index in [4.69, 9.17) is 23.7 Å². The fraction of sp³-hybridized carbons (Fsp3) is 0.889. The van der Waals surface area contributed by atoms with Crippen molar-refractivity contribution in [1.82, 2.24) is 0 Å². The molecule has 6 heteroatoms. The summed E-state index contributed by atoms with van der Waals surface area (Å²) in [5.74, 6) is 0.242. The van der Waals surface area contributed by atoms with Gasteiger partial charge in [-0.2, -0.15) is 0 Å². The van der Waals surface area contributed by atoms with Crippen molar-refractivity contribution in [2.45, 2.75) is 51.7 Å². The summed E-state index contributed by atoms with van der Waals surface area (Å²) in [7, 11) is 3.27. The summed E-state index contributed by atoms with van der Waals surface area (Å²) in [5.41, 5.74) is -0.476. The number of aliphatic hydroxyl groups is 1. The van der Waals surface area contributed by atoms with E-state index in [1.165, 1.54) is 0 Å². The summed E-state index contributed by atoms with van der Waals surface area (Å²) in [4.78, 5) is 0. The molecular weight excluding hydrogens is 312 g/mol. The summed E-state index contributed by atoms with van der Waals surface area (Å²) in [6.07, 6.45) is 4.50. The maximum Gasteiger partial charge on any atom is 0.168 e. The predicted octanol–water partition coefficient (Wildman–Crippen LogP) is 1.88. The first-order valence-electron chi connectivity index (χ1n) is 8.77. The van der Waals surface area contributed by atoms with Gasteiger partial charge in [0.05, 0.1) is 11.5 Å². The molecule has 0 aromatic rings. The number of allylic oxidation sites excluding steroid dienone is 1. The molecule has 2 aliphatic heterocycles. The van der Waals surface area contributed by atoms with Crippen molar-refractivity contribution in [3.63, 3.8) is 0 Å². The van der Waals surface area contributed by atoms with E-state index in [2.05, 4.69) is 26.0 Å². The Hall–Kier alpha value is -0.500.